The number of ether oxygens (including phenoxy) is 1. The van der Waals surface area contributed by atoms with Gasteiger partial charge in [-0.25, -0.2) is 8.42 Å². The number of benzene rings is 1. The van der Waals surface area contributed by atoms with Crippen LogP contribution in [0.3, 0.4) is 0 Å². The van der Waals surface area contributed by atoms with Crippen LogP contribution in [0.5, 0.6) is 0 Å². The summed E-state index contributed by atoms with van der Waals surface area (Å²) < 4.78 is 32.9. The molecular formula is C19H28N2O5S. The first-order valence-electron chi connectivity index (χ1n) is 8.68. The van der Waals surface area contributed by atoms with Gasteiger partial charge in [-0.15, -0.1) is 6.58 Å². The number of aryl methyl sites for hydroxylation is 2. The molecule has 1 aromatic carbocycles. The van der Waals surface area contributed by atoms with E-state index in [-0.39, 0.29) is 17.4 Å². The number of carbonyl (C=O) groups excluding carboxylic acids is 2. The molecule has 0 aliphatic heterocycles. The molecule has 0 aliphatic carbocycles. The molecule has 1 amide bonds. The van der Waals surface area contributed by atoms with E-state index in [0.29, 0.717) is 0 Å². The van der Waals surface area contributed by atoms with Crippen molar-refractivity contribution in [2.75, 3.05) is 6.54 Å². The molecule has 0 bridgehead atoms. The Morgan fingerprint density at radius 2 is 1.81 bits per heavy atom. The predicted molar refractivity (Wildman–Crippen MR) is 104 cm³/mol. The third-order valence-corrected chi connectivity index (χ3v) is 5.51. The lowest BCUT2D eigenvalue weighted by Gasteiger charge is -2.23. The van der Waals surface area contributed by atoms with E-state index in [2.05, 4.69) is 16.6 Å². The molecule has 8 heteroatoms. The highest BCUT2D eigenvalue weighted by Gasteiger charge is 2.31. The van der Waals surface area contributed by atoms with Gasteiger partial charge in [-0.3, -0.25) is 9.59 Å². The van der Waals surface area contributed by atoms with Gasteiger partial charge in [-0.05, 0) is 49.9 Å². The van der Waals surface area contributed by atoms with Crippen molar-refractivity contribution in [3.05, 3.63) is 42.0 Å². The fraction of sp³-hybridized carbons (Fsp3) is 0.474. The zero-order valence-electron chi connectivity index (χ0n) is 16.4. The van der Waals surface area contributed by atoms with Gasteiger partial charge in [0.2, 0.25) is 10.0 Å². The van der Waals surface area contributed by atoms with Gasteiger partial charge in [-0.1, -0.05) is 26.0 Å². The Kier molecular flexibility index (Phi) is 8.18. The van der Waals surface area contributed by atoms with Gasteiger partial charge >= 0.3 is 5.97 Å². The average Bonchev–Trinajstić information content (AvgIpc) is 2.59. The van der Waals surface area contributed by atoms with Crippen LogP contribution >= 0.6 is 0 Å². The van der Waals surface area contributed by atoms with Crippen LogP contribution in [-0.4, -0.2) is 39.0 Å². The van der Waals surface area contributed by atoms with Crippen molar-refractivity contribution < 1.29 is 22.7 Å². The molecule has 0 fully saturated rings. The summed E-state index contributed by atoms with van der Waals surface area (Å²) in [7, 11) is -3.92. The van der Waals surface area contributed by atoms with E-state index in [4.69, 9.17) is 4.74 Å². The molecule has 7 nitrogen and oxygen atoms in total. The smallest absolute Gasteiger partial charge is 0.325 e. The predicted octanol–water partition coefficient (Wildman–Crippen LogP) is 1.84. The lowest BCUT2D eigenvalue weighted by molar-refractivity contribution is -0.157. The summed E-state index contributed by atoms with van der Waals surface area (Å²) in [6, 6.07) is 3.62. The normalized spacial score (nSPS) is 13.7. The van der Waals surface area contributed by atoms with Crippen molar-refractivity contribution in [1.29, 1.82) is 0 Å². The van der Waals surface area contributed by atoms with Crippen LogP contribution in [0.25, 0.3) is 0 Å². The molecule has 0 heterocycles. The molecule has 150 valence electrons. The molecule has 0 spiro atoms. The van der Waals surface area contributed by atoms with Gasteiger partial charge in [-0.2, -0.15) is 4.72 Å². The number of hydrogen-bond donors (Lipinski definition) is 2. The van der Waals surface area contributed by atoms with Gasteiger partial charge in [0.05, 0.1) is 4.90 Å². The Morgan fingerprint density at radius 3 is 2.33 bits per heavy atom. The highest BCUT2D eigenvalue weighted by Crippen LogP contribution is 2.17. The largest absolute Gasteiger partial charge is 0.451 e. The van der Waals surface area contributed by atoms with E-state index < -0.39 is 34.0 Å². The Bertz CT molecular complexity index is 802. The summed E-state index contributed by atoms with van der Waals surface area (Å²) in [5.74, 6) is -1.66. The van der Waals surface area contributed by atoms with Crippen molar-refractivity contribution in [2.45, 2.75) is 51.7 Å². The number of rotatable bonds is 9. The van der Waals surface area contributed by atoms with Gasteiger partial charge in [0.1, 0.15) is 6.04 Å². The molecule has 2 N–H and O–H groups in total. The monoisotopic (exact) mass is 396 g/mol. The average molecular weight is 397 g/mol. The first kappa shape index (κ1) is 22.9. The molecule has 2 atom stereocenters. The van der Waals surface area contributed by atoms with Crippen molar-refractivity contribution in [2.24, 2.45) is 5.92 Å². The molecule has 0 saturated heterocycles. The van der Waals surface area contributed by atoms with Gasteiger partial charge in [0.25, 0.3) is 5.91 Å². The zero-order valence-corrected chi connectivity index (χ0v) is 17.2. The maximum atomic E-state index is 12.7. The van der Waals surface area contributed by atoms with E-state index >= 15 is 0 Å². The maximum Gasteiger partial charge on any atom is 0.325 e. The summed E-state index contributed by atoms with van der Waals surface area (Å²) in [6.45, 7) is 12.2. The second kappa shape index (κ2) is 9.66. The van der Waals surface area contributed by atoms with Crippen LogP contribution < -0.4 is 10.0 Å². The topological polar surface area (TPSA) is 102 Å². The summed E-state index contributed by atoms with van der Waals surface area (Å²) >= 11 is 0. The van der Waals surface area contributed by atoms with E-state index in [0.717, 1.165) is 11.1 Å². The first-order chi connectivity index (χ1) is 12.5. The SMILES string of the molecule is C=CCNC(=O)[C@@H](C)OC(=O)[C@@H](NS(=O)(=O)c1ccc(C)c(C)c1)C(C)C. The minimum Gasteiger partial charge on any atom is -0.451 e. The molecule has 0 aliphatic rings. The van der Waals surface area contributed by atoms with Gasteiger partial charge < -0.3 is 10.1 Å². The van der Waals surface area contributed by atoms with Crippen LogP contribution in [0, 0.1) is 19.8 Å². The summed E-state index contributed by atoms with van der Waals surface area (Å²) in [4.78, 5) is 24.4. The van der Waals surface area contributed by atoms with Crippen molar-refractivity contribution in [3.8, 4) is 0 Å². The quantitative estimate of drug-likeness (QED) is 0.490. The molecule has 1 aromatic rings. The lowest BCUT2D eigenvalue weighted by atomic mass is 10.1. The number of amides is 1. The number of nitrogens with one attached hydrogen (secondary N) is 2. The molecular weight excluding hydrogens is 368 g/mol. The number of sulfonamides is 1. The Labute approximate surface area is 161 Å². The lowest BCUT2D eigenvalue weighted by Crippen LogP contribution is -2.47. The minimum atomic E-state index is -3.92. The summed E-state index contributed by atoms with van der Waals surface area (Å²) in [5.41, 5.74) is 1.79. The van der Waals surface area contributed by atoms with E-state index in [9.17, 15) is 18.0 Å². The molecule has 27 heavy (non-hydrogen) atoms. The molecule has 0 radical (unpaired) electrons. The zero-order chi connectivity index (χ0) is 20.8. The standard InChI is InChI=1S/C19H28N2O5S/c1-7-10-20-18(22)15(6)26-19(23)17(12(2)3)21-27(24,25)16-9-8-13(4)14(5)11-16/h7-9,11-12,15,17,21H,1,10H2,2-6H3,(H,20,22)/t15-,17+/m1/s1. The second-order valence-corrected chi connectivity index (χ2v) is 8.42. The van der Waals surface area contributed by atoms with E-state index in [1.165, 1.54) is 19.1 Å². The summed E-state index contributed by atoms with van der Waals surface area (Å²) in [5, 5.41) is 2.52. The molecule has 0 aromatic heterocycles. The van der Waals surface area contributed by atoms with Crippen LogP contribution in [0.1, 0.15) is 31.9 Å². The third-order valence-electron chi connectivity index (χ3n) is 4.07. The maximum absolute atomic E-state index is 12.7. The van der Waals surface area contributed by atoms with E-state index in [1.807, 2.05) is 13.8 Å². The highest BCUT2D eigenvalue weighted by atomic mass is 32.2. The van der Waals surface area contributed by atoms with Crippen molar-refractivity contribution in [3.63, 3.8) is 0 Å². The molecule has 1 rings (SSSR count). The Balaban J connectivity index is 2.94. The van der Waals surface area contributed by atoms with Crippen LogP contribution in [0.2, 0.25) is 0 Å². The van der Waals surface area contributed by atoms with Gasteiger partial charge in [0.15, 0.2) is 6.10 Å². The van der Waals surface area contributed by atoms with Crippen LogP contribution in [-0.2, 0) is 24.3 Å². The molecule has 0 saturated carbocycles. The summed E-state index contributed by atoms with van der Waals surface area (Å²) in [6.07, 6.45) is 0.450. The van der Waals surface area contributed by atoms with Crippen molar-refractivity contribution >= 4 is 21.9 Å². The Morgan fingerprint density at radius 1 is 1.19 bits per heavy atom. The van der Waals surface area contributed by atoms with Gasteiger partial charge in [0, 0.05) is 6.54 Å². The number of hydrogen-bond acceptors (Lipinski definition) is 5. The van der Waals surface area contributed by atoms with E-state index in [1.54, 1.807) is 26.0 Å². The second-order valence-electron chi connectivity index (χ2n) is 6.70. The number of esters is 1. The van der Waals surface area contributed by atoms with Crippen LogP contribution in [0.4, 0.5) is 0 Å². The third kappa shape index (κ3) is 6.48. The number of carbonyl (C=O) groups is 2. The Hall–Kier alpha value is -2.19. The fourth-order valence-corrected chi connectivity index (χ4v) is 3.61. The van der Waals surface area contributed by atoms with Crippen LogP contribution in [0.15, 0.2) is 35.7 Å². The van der Waals surface area contributed by atoms with Crippen molar-refractivity contribution in [1.82, 2.24) is 10.0 Å². The minimum absolute atomic E-state index is 0.0702. The first-order valence-corrected chi connectivity index (χ1v) is 10.2. The highest BCUT2D eigenvalue weighted by molar-refractivity contribution is 7.89. The molecule has 0 unspecified atom stereocenters. The fourth-order valence-electron chi connectivity index (χ4n) is 2.19.